The fourth-order valence-electron chi connectivity index (χ4n) is 2.77. The maximum Gasteiger partial charge on any atom is 0.408 e. The van der Waals surface area contributed by atoms with Gasteiger partial charge in [0, 0.05) is 0 Å². The van der Waals surface area contributed by atoms with Crippen molar-refractivity contribution in [1.29, 1.82) is 0 Å². The molecule has 5 nitrogen and oxygen atoms in total. The van der Waals surface area contributed by atoms with Gasteiger partial charge in [-0.3, -0.25) is 4.79 Å². The zero-order chi connectivity index (χ0) is 15.6. The van der Waals surface area contributed by atoms with Crippen molar-refractivity contribution in [3.63, 3.8) is 0 Å². The topological polar surface area (TPSA) is 75.6 Å². The number of aliphatic carboxylic acids is 1. The monoisotopic (exact) mass is 285 g/mol. The molecule has 0 spiro atoms. The molecule has 0 aromatic carbocycles. The van der Waals surface area contributed by atoms with Crippen molar-refractivity contribution in [2.24, 2.45) is 5.41 Å². The van der Waals surface area contributed by atoms with Gasteiger partial charge in [0.25, 0.3) is 0 Å². The summed E-state index contributed by atoms with van der Waals surface area (Å²) in [6.45, 7) is 8.74. The molecule has 1 saturated carbocycles. The van der Waals surface area contributed by atoms with Crippen LogP contribution in [0, 0.1) is 5.41 Å². The Balaban J connectivity index is 2.96. The van der Waals surface area contributed by atoms with Gasteiger partial charge in [0.1, 0.15) is 5.60 Å². The van der Waals surface area contributed by atoms with Crippen molar-refractivity contribution in [1.82, 2.24) is 5.32 Å². The number of carboxylic acids is 1. The van der Waals surface area contributed by atoms with E-state index in [2.05, 4.69) is 5.32 Å². The lowest BCUT2D eigenvalue weighted by Gasteiger charge is -2.47. The van der Waals surface area contributed by atoms with E-state index in [1.807, 2.05) is 0 Å². The molecule has 1 aliphatic carbocycles. The number of rotatable bonds is 3. The number of hydrogen-bond donors (Lipinski definition) is 2. The highest BCUT2D eigenvalue weighted by atomic mass is 16.6. The van der Waals surface area contributed by atoms with Gasteiger partial charge in [0.2, 0.25) is 0 Å². The van der Waals surface area contributed by atoms with E-state index in [4.69, 9.17) is 4.74 Å². The number of carboxylic acid groups (broad SMARTS) is 1. The minimum Gasteiger partial charge on any atom is -0.481 e. The molecule has 0 unspecified atom stereocenters. The first-order chi connectivity index (χ1) is 9.00. The number of carbonyl (C=O) groups is 2. The number of hydrogen-bond acceptors (Lipinski definition) is 3. The summed E-state index contributed by atoms with van der Waals surface area (Å²) in [4.78, 5) is 23.7. The second-order valence-corrected chi connectivity index (χ2v) is 7.20. The van der Waals surface area contributed by atoms with Gasteiger partial charge in [-0.05, 0) is 47.5 Å². The molecule has 0 radical (unpaired) electrons. The summed E-state index contributed by atoms with van der Waals surface area (Å²) in [5, 5.41) is 12.4. The highest BCUT2D eigenvalue weighted by Gasteiger charge is 2.51. The summed E-state index contributed by atoms with van der Waals surface area (Å²) in [6.07, 6.45) is 3.73. The third-order valence-corrected chi connectivity index (χ3v) is 4.18. The minimum atomic E-state index is -1.02. The van der Waals surface area contributed by atoms with Crippen LogP contribution in [-0.4, -0.2) is 28.3 Å². The van der Waals surface area contributed by atoms with E-state index in [0.717, 1.165) is 19.3 Å². The van der Waals surface area contributed by atoms with E-state index in [1.54, 1.807) is 34.6 Å². The Bertz CT molecular complexity index is 376. The van der Waals surface area contributed by atoms with Gasteiger partial charge >= 0.3 is 12.1 Å². The van der Waals surface area contributed by atoms with Crippen molar-refractivity contribution >= 4 is 12.1 Å². The van der Waals surface area contributed by atoms with E-state index in [0.29, 0.717) is 12.8 Å². The van der Waals surface area contributed by atoms with Crippen LogP contribution in [0.2, 0.25) is 0 Å². The maximum absolute atomic E-state index is 12.1. The van der Waals surface area contributed by atoms with Crippen molar-refractivity contribution in [2.75, 3.05) is 0 Å². The smallest absolute Gasteiger partial charge is 0.408 e. The van der Waals surface area contributed by atoms with Gasteiger partial charge in [-0.2, -0.15) is 0 Å². The van der Waals surface area contributed by atoms with Gasteiger partial charge in [-0.1, -0.05) is 19.3 Å². The highest BCUT2D eigenvalue weighted by molar-refractivity contribution is 5.78. The van der Waals surface area contributed by atoms with Crippen LogP contribution in [0.25, 0.3) is 0 Å². The molecule has 0 aromatic heterocycles. The molecular formula is C15H27NO4. The molecule has 0 aliphatic heterocycles. The lowest BCUT2D eigenvalue weighted by atomic mass is 9.64. The van der Waals surface area contributed by atoms with Gasteiger partial charge in [0.05, 0.1) is 11.0 Å². The summed E-state index contributed by atoms with van der Waals surface area (Å²) >= 11 is 0. The Morgan fingerprint density at radius 2 is 1.55 bits per heavy atom. The third kappa shape index (κ3) is 3.64. The summed E-state index contributed by atoms with van der Waals surface area (Å²) in [5.41, 5.74) is -2.35. The van der Waals surface area contributed by atoms with Crippen LogP contribution >= 0.6 is 0 Å². The Labute approximate surface area is 121 Å². The molecule has 0 atom stereocenters. The van der Waals surface area contributed by atoms with Crippen molar-refractivity contribution in [3.8, 4) is 0 Å². The summed E-state index contributed by atoms with van der Waals surface area (Å²) in [6, 6.07) is 0. The first kappa shape index (κ1) is 16.8. The maximum atomic E-state index is 12.1. The van der Waals surface area contributed by atoms with Gasteiger partial charge in [-0.15, -0.1) is 0 Å². The number of alkyl carbamates (subject to hydrolysis) is 1. The molecule has 1 amide bonds. The fourth-order valence-corrected chi connectivity index (χ4v) is 2.77. The van der Waals surface area contributed by atoms with Gasteiger partial charge in [-0.25, -0.2) is 4.79 Å². The second-order valence-electron chi connectivity index (χ2n) is 7.20. The lowest BCUT2D eigenvalue weighted by Crippen LogP contribution is -2.62. The molecule has 1 fully saturated rings. The van der Waals surface area contributed by atoms with Crippen LogP contribution in [0.5, 0.6) is 0 Å². The van der Waals surface area contributed by atoms with E-state index in [9.17, 15) is 14.7 Å². The summed E-state index contributed by atoms with van der Waals surface area (Å²) in [5.74, 6) is -0.893. The van der Waals surface area contributed by atoms with Crippen LogP contribution in [-0.2, 0) is 9.53 Å². The van der Waals surface area contributed by atoms with Crippen molar-refractivity contribution in [3.05, 3.63) is 0 Å². The highest BCUT2D eigenvalue weighted by Crippen LogP contribution is 2.42. The third-order valence-electron chi connectivity index (χ3n) is 4.18. The Kier molecular flexibility index (Phi) is 4.72. The Morgan fingerprint density at radius 3 is 1.95 bits per heavy atom. The Hall–Kier alpha value is -1.26. The average Bonchev–Trinajstić information content (AvgIpc) is 2.26. The predicted octanol–water partition coefficient (Wildman–Crippen LogP) is 3.32. The number of amides is 1. The summed E-state index contributed by atoms with van der Waals surface area (Å²) in [7, 11) is 0. The average molecular weight is 285 g/mol. The molecule has 0 saturated heterocycles. The first-order valence-corrected chi connectivity index (χ1v) is 7.25. The molecule has 5 heteroatoms. The van der Waals surface area contributed by atoms with Gasteiger partial charge < -0.3 is 15.2 Å². The lowest BCUT2D eigenvalue weighted by molar-refractivity contribution is -0.153. The van der Waals surface area contributed by atoms with Crippen LogP contribution in [0.15, 0.2) is 0 Å². The molecular weight excluding hydrogens is 258 g/mol. The standard InChI is InChI=1S/C15H27NO4/c1-13(2,3)20-12(19)16-15(9-7-6-8-10-15)14(4,5)11(17)18/h6-10H2,1-5H3,(H,16,19)(H,17,18). The number of nitrogens with one attached hydrogen (secondary N) is 1. The van der Waals surface area contributed by atoms with Crippen LogP contribution in [0.3, 0.4) is 0 Å². The van der Waals surface area contributed by atoms with Crippen molar-refractivity contribution < 1.29 is 19.4 Å². The molecule has 116 valence electrons. The van der Waals surface area contributed by atoms with Crippen LogP contribution in [0.4, 0.5) is 4.79 Å². The molecule has 0 bridgehead atoms. The normalized spacial score (nSPS) is 19.2. The number of ether oxygens (including phenoxy) is 1. The van der Waals surface area contributed by atoms with Crippen LogP contribution < -0.4 is 5.32 Å². The fraction of sp³-hybridized carbons (Fsp3) is 0.867. The zero-order valence-corrected chi connectivity index (χ0v) is 13.2. The quantitative estimate of drug-likeness (QED) is 0.834. The van der Waals surface area contributed by atoms with Crippen LogP contribution in [0.1, 0.15) is 66.7 Å². The largest absolute Gasteiger partial charge is 0.481 e. The molecule has 0 aromatic rings. The SMILES string of the molecule is CC(C)(C)OC(=O)NC1(C(C)(C)C(=O)O)CCCCC1. The molecule has 2 N–H and O–H groups in total. The predicted molar refractivity (Wildman–Crippen MR) is 76.6 cm³/mol. The summed E-state index contributed by atoms with van der Waals surface area (Å²) < 4.78 is 5.30. The van der Waals surface area contributed by atoms with E-state index >= 15 is 0 Å². The first-order valence-electron chi connectivity index (χ1n) is 7.25. The van der Waals surface area contributed by atoms with Crippen molar-refractivity contribution in [2.45, 2.75) is 77.9 Å². The molecule has 0 heterocycles. The molecule has 1 rings (SSSR count). The van der Waals surface area contributed by atoms with Gasteiger partial charge in [0.15, 0.2) is 0 Å². The second kappa shape index (κ2) is 5.62. The number of carbonyl (C=O) groups excluding carboxylic acids is 1. The van der Waals surface area contributed by atoms with E-state index < -0.39 is 28.6 Å². The molecule has 20 heavy (non-hydrogen) atoms. The zero-order valence-electron chi connectivity index (χ0n) is 13.2. The van der Waals surface area contributed by atoms with E-state index in [-0.39, 0.29) is 0 Å². The van der Waals surface area contributed by atoms with E-state index in [1.165, 1.54) is 0 Å². The Morgan fingerprint density at radius 1 is 1.05 bits per heavy atom. The molecule has 1 aliphatic rings. The minimum absolute atomic E-state index is 0.534.